The highest BCUT2D eigenvalue weighted by Gasteiger charge is 2.13. The highest BCUT2D eigenvalue weighted by molar-refractivity contribution is 9.10. The molecular formula is C12H10BrN3O2. The lowest BCUT2D eigenvalue weighted by atomic mass is 10.3. The number of rotatable bonds is 2. The van der Waals surface area contributed by atoms with Crippen LogP contribution in [0.15, 0.2) is 28.9 Å². The average molecular weight is 308 g/mol. The van der Waals surface area contributed by atoms with Crippen LogP contribution in [0.1, 0.15) is 5.69 Å². The Hall–Kier alpha value is -1.82. The van der Waals surface area contributed by atoms with Gasteiger partial charge in [0.25, 0.3) is 0 Å². The van der Waals surface area contributed by atoms with Gasteiger partial charge in [-0.3, -0.25) is 9.20 Å². The van der Waals surface area contributed by atoms with Gasteiger partial charge in [0.05, 0.1) is 17.5 Å². The van der Waals surface area contributed by atoms with Gasteiger partial charge in [-0.1, -0.05) is 15.9 Å². The van der Waals surface area contributed by atoms with Crippen LogP contribution >= 0.6 is 15.9 Å². The van der Waals surface area contributed by atoms with E-state index in [4.69, 9.17) is 5.11 Å². The van der Waals surface area contributed by atoms with Crippen molar-refractivity contribution >= 4 is 38.7 Å². The van der Waals surface area contributed by atoms with Gasteiger partial charge in [0.15, 0.2) is 0 Å². The van der Waals surface area contributed by atoms with Gasteiger partial charge in [-0.15, -0.1) is 0 Å². The number of carbonyl (C=O) groups is 1. The molecule has 0 amide bonds. The van der Waals surface area contributed by atoms with Gasteiger partial charge in [0.2, 0.25) is 5.78 Å². The molecule has 0 bridgehead atoms. The normalized spacial score (nSPS) is 11.4. The number of halogens is 1. The second kappa shape index (κ2) is 3.84. The number of fused-ring (bicyclic) bond motifs is 3. The fourth-order valence-corrected chi connectivity index (χ4v) is 2.46. The number of carboxylic acid groups (broad SMARTS) is 1. The maximum Gasteiger partial charge on any atom is 0.309 e. The first kappa shape index (κ1) is 11.3. The molecule has 6 heteroatoms. The smallest absolute Gasteiger partial charge is 0.309 e. The van der Waals surface area contributed by atoms with Crippen LogP contribution in [-0.2, 0) is 18.3 Å². The number of carboxylic acids is 1. The number of aliphatic carboxylic acids is 1. The molecule has 2 heterocycles. The summed E-state index contributed by atoms with van der Waals surface area (Å²) in [4.78, 5) is 15.3. The van der Waals surface area contributed by atoms with E-state index in [1.165, 1.54) is 0 Å². The van der Waals surface area contributed by atoms with Crippen molar-refractivity contribution in [1.29, 1.82) is 0 Å². The van der Waals surface area contributed by atoms with E-state index in [0.717, 1.165) is 27.0 Å². The van der Waals surface area contributed by atoms with Gasteiger partial charge in [-0.25, -0.2) is 4.98 Å². The Kier molecular flexibility index (Phi) is 2.41. The van der Waals surface area contributed by atoms with Crippen LogP contribution in [0.5, 0.6) is 0 Å². The van der Waals surface area contributed by atoms with E-state index in [0.29, 0.717) is 0 Å². The topological polar surface area (TPSA) is 59.5 Å². The largest absolute Gasteiger partial charge is 0.481 e. The molecule has 0 radical (unpaired) electrons. The van der Waals surface area contributed by atoms with E-state index in [2.05, 4.69) is 20.9 Å². The third-order valence-electron chi connectivity index (χ3n) is 2.97. The lowest BCUT2D eigenvalue weighted by Crippen LogP contribution is -2.05. The Balaban J connectivity index is 2.29. The molecule has 0 atom stereocenters. The van der Waals surface area contributed by atoms with Gasteiger partial charge in [-0.05, 0) is 18.2 Å². The summed E-state index contributed by atoms with van der Waals surface area (Å²) < 4.78 is 4.70. The number of imidazole rings is 2. The molecule has 0 aliphatic carbocycles. The van der Waals surface area contributed by atoms with Crippen LogP contribution in [0.25, 0.3) is 16.8 Å². The monoisotopic (exact) mass is 307 g/mol. The van der Waals surface area contributed by atoms with E-state index < -0.39 is 5.97 Å². The van der Waals surface area contributed by atoms with E-state index in [9.17, 15) is 4.79 Å². The lowest BCUT2D eigenvalue weighted by Gasteiger charge is -1.97. The molecule has 92 valence electrons. The summed E-state index contributed by atoms with van der Waals surface area (Å²) in [6.07, 6.45) is 1.82. The molecule has 3 rings (SSSR count). The minimum atomic E-state index is -0.842. The van der Waals surface area contributed by atoms with E-state index >= 15 is 0 Å². The summed E-state index contributed by atoms with van der Waals surface area (Å²) >= 11 is 3.41. The standard InChI is InChI=1S/C12H10BrN3O2/c1-15-8(5-11(17)18)6-16-10-3-2-7(13)4-9(10)14-12(15)16/h2-4,6H,5H2,1H3,(H,17,18). The van der Waals surface area contributed by atoms with Gasteiger partial charge in [0, 0.05) is 23.4 Å². The predicted molar refractivity (Wildman–Crippen MR) is 70.7 cm³/mol. The van der Waals surface area contributed by atoms with Crippen molar-refractivity contribution in [2.75, 3.05) is 0 Å². The zero-order valence-electron chi connectivity index (χ0n) is 9.59. The van der Waals surface area contributed by atoms with Crippen LogP contribution in [-0.4, -0.2) is 25.0 Å². The van der Waals surface area contributed by atoms with Gasteiger partial charge in [-0.2, -0.15) is 0 Å². The molecule has 0 spiro atoms. The second-order valence-electron chi connectivity index (χ2n) is 4.16. The van der Waals surface area contributed by atoms with E-state index in [-0.39, 0.29) is 6.42 Å². The van der Waals surface area contributed by atoms with Gasteiger partial charge >= 0.3 is 5.97 Å². The molecule has 0 saturated carbocycles. The summed E-state index contributed by atoms with van der Waals surface area (Å²) in [5.74, 6) is -0.0924. The Labute approximate surface area is 111 Å². The molecule has 0 unspecified atom stereocenters. The minimum absolute atomic E-state index is 0.00210. The molecule has 1 aromatic carbocycles. The quantitative estimate of drug-likeness (QED) is 0.789. The van der Waals surface area contributed by atoms with Crippen LogP contribution < -0.4 is 0 Å². The first-order chi connectivity index (χ1) is 8.56. The molecule has 18 heavy (non-hydrogen) atoms. The summed E-state index contributed by atoms with van der Waals surface area (Å²) in [6.45, 7) is 0. The maximum atomic E-state index is 10.8. The second-order valence-corrected chi connectivity index (χ2v) is 5.08. The Morgan fingerprint density at radius 3 is 3.00 bits per heavy atom. The number of aryl methyl sites for hydroxylation is 1. The highest BCUT2D eigenvalue weighted by atomic mass is 79.9. The fourth-order valence-electron chi connectivity index (χ4n) is 2.11. The summed E-state index contributed by atoms with van der Waals surface area (Å²) in [7, 11) is 1.83. The molecule has 0 aliphatic heterocycles. The first-order valence-electron chi connectivity index (χ1n) is 5.40. The van der Waals surface area contributed by atoms with Crippen LogP contribution in [0.3, 0.4) is 0 Å². The van der Waals surface area contributed by atoms with Crippen LogP contribution in [0.4, 0.5) is 0 Å². The van der Waals surface area contributed by atoms with Crippen LogP contribution in [0, 0.1) is 0 Å². The van der Waals surface area contributed by atoms with Crippen molar-refractivity contribution in [2.45, 2.75) is 6.42 Å². The third kappa shape index (κ3) is 1.60. The molecule has 1 N–H and O–H groups in total. The molecule has 3 aromatic rings. The molecule has 0 saturated heterocycles. The van der Waals surface area contributed by atoms with Gasteiger partial charge < -0.3 is 9.67 Å². The fraction of sp³-hybridized carbons (Fsp3) is 0.167. The zero-order chi connectivity index (χ0) is 12.9. The maximum absolute atomic E-state index is 10.8. The van der Waals surface area contributed by atoms with Crippen molar-refractivity contribution in [3.8, 4) is 0 Å². The van der Waals surface area contributed by atoms with Gasteiger partial charge in [0.1, 0.15) is 0 Å². The molecular weight excluding hydrogens is 298 g/mol. The SMILES string of the molecule is Cn1c(CC(=O)O)cn2c3ccc(Br)cc3nc12. The van der Waals surface area contributed by atoms with Crippen molar-refractivity contribution in [2.24, 2.45) is 7.05 Å². The lowest BCUT2D eigenvalue weighted by molar-refractivity contribution is -0.136. The Bertz CT molecular complexity index is 772. The molecule has 5 nitrogen and oxygen atoms in total. The molecule has 0 aliphatic rings. The third-order valence-corrected chi connectivity index (χ3v) is 3.47. The van der Waals surface area contributed by atoms with Crippen molar-refractivity contribution in [3.05, 3.63) is 34.6 Å². The van der Waals surface area contributed by atoms with Crippen molar-refractivity contribution in [1.82, 2.24) is 14.0 Å². The summed E-state index contributed by atoms with van der Waals surface area (Å²) in [5.41, 5.74) is 2.59. The van der Waals surface area contributed by atoms with Crippen molar-refractivity contribution < 1.29 is 9.90 Å². The van der Waals surface area contributed by atoms with Crippen LogP contribution in [0.2, 0.25) is 0 Å². The zero-order valence-corrected chi connectivity index (χ0v) is 11.2. The van der Waals surface area contributed by atoms with E-state index in [1.807, 2.05) is 40.4 Å². The Morgan fingerprint density at radius 2 is 2.28 bits per heavy atom. The summed E-state index contributed by atoms with van der Waals surface area (Å²) in [6, 6.07) is 5.85. The number of hydrogen-bond donors (Lipinski definition) is 1. The number of benzene rings is 1. The average Bonchev–Trinajstić information content (AvgIpc) is 2.77. The van der Waals surface area contributed by atoms with Crippen molar-refractivity contribution in [3.63, 3.8) is 0 Å². The number of aromatic nitrogens is 3. The number of nitrogens with zero attached hydrogens (tertiary/aromatic N) is 3. The van der Waals surface area contributed by atoms with E-state index in [1.54, 1.807) is 0 Å². The highest BCUT2D eigenvalue weighted by Crippen LogP contribution is 2.22. The molecule has 2 aromatic heterocycles. The minimum Gasteiger partial charge on any atom is -0.481 e. The summed E-state index contributed by atoms with van der Waals surface area (Å²) in [5, 5.41) is 8.85. The number of hydrogen-bond acceptors (Lipinski definition) is 2. The predicted octanol–water partition coefficient (Wildman–Crippen LogP) is 2.22. The Morgan fingerprint density at radius 1 is 1.50 bits per heavy atom. The molecule has 0 fully saturated rings. The first-order valence-corrected chi connectivity index (χ1v) is 6.19.